The van der Waals surface area contributed by atoms with Gasteiger partial charge < -0.3 is 20.3 Å². The number of carbonyl (C=O) groups is 3. The van der Waals surface area contributed by atoms with Crippen LogP contribution in [0.4, 0.5) is 15.3 Å². The lowest BCUT2D eigenvalue weighted by atomic mass is 10.00. The Labute approximate surface area is 212 Å². The van der Waals surface area contributed by atoms with Gasteiger partial charge in [0.15, 0.2) is 0 Å². The summed E-state index contributed by atoms with van der Waals surface area (Å²) >= 11 is 6.33. The van der Waals surface area contributed by atoms with Gasteiger partial charge in [-0.3, -0.25) is 10.00 Å². The predicted molar refractivity (Wildman–Crippen MR) is 135 cm³/mol. The lowest BCUT2D eigenvalue weighted by Crippen LogP contribution is -2.56. The van der Waals surface area contributed by atoms with Crippen molar-refractivity contribution in [3.8, 4) is 0 Å². The number of likely N-dealkylation sites (tertiary alicyclic amines) is 1. The molecule has 5 rings (SSSR count). The fourth-order valence-electron chi connectivity index (χ4n) is 4.95. The van der Waals surface area contributed by atoms with E-state index < -0.39 is 12.0 Å². The molecule has 3 heterocycles. The van der Waals surface area contributed by atoms with Crippen molar-refractivity contribution in [2.24, 2.45) is 0 Å². The zero-order valence-electron chi connectivity index (χ0n) is 19.8. The van der Waals surface area contributed by atoms with Gasteiger partial charge in [0.05, 0.1) is 29.5 Å². The minimum absolute atomic E-state index is 0.0178. The van der Waals surface area contributed by atoms with E-state index in [2.05, 4.69) is 20.8 Å². The van der Waals surface area contributed by atoms with E-state index in [4.69, 9.17) is 16.3 Å². The lowest BCUT2D eigenvalue weighted by Gasteiger charge is -2.41. The van der Waals surface area contributed by atoms with Crippen molar-refractivity contribution in [1.82, 2.24) is 25.7 Å². The molecule has 11 heteroatoms. The van der Waals surface area contributed by atoms with E-state index in [0.717, 1.165) is 22.2 Å². The zero-order valence-corrected chi connectivity index (χ0v) is 20.5. The molecule has 36 heavy (non-hydrogen) atoms. The number of piperidine rings is 1. The third-order valence-electron chi connectivity index (χ3n) is 6.80. The molecule has 1 unspecified atom stereocenters. The summed E-state index contributed by atoms with van der Waals surface area (Å²) in [4.78, 5) is 41.7. The molecule has 0 aliphatic carbocycles. The highest BCUT2D eigenvalue weighted by atomic mass is 35.5. The maximum atomic E-state index is 13.1. The number of ether oxygens (including phenoxy) is 1. The summed E-state index contributed by atoms with van der Waals surface area (Å²) in [6.07, 6.45) is 3.14. The van der Waals surface area contributed by atoms with E-state index in [1.807, 2.05) is 30.3 Å². The number of hydrogen-bond donors (Lipinski definition) is 3. The van der Waals surface area contributed by atoms with Gasteiger partial charge in [-0.05, 0) is 42.2 Å². The minimum atomic E-state index is -0.875. The molecule has 2 aliphatic heterocycles. The standard InChI is InChI=1S/C25H27ClN6O4/c1-36-23(33)20(12-15-10-17-14-28-30-22(17)19(26)11-15)29-25(35)31-8-6-18(7-9-31)32-21-5-3-2-4-16(21)13-27-24(32)34/h2-5,10-11,14,18,20H,6-9,12-13H2,1H3,(H,27,34)(H,28,30)(H,29,35). The summed E-state index contributed by atoms with van der Waals surface area (Å²) < 4.78 is 4.94. The first kappa shape index (κ1) is 23.9. The van der Waals surface area contributed by atoms with Crippen LogP contribution < -0.4 is 15.5 Å². The quantitative estimate of drug-likeness (QED) is 0.455. The summed E-state index contributed by atoms with van der Waals surface area (Å²) in [6.45, 7) is 1.44. The van der Waals surface area contributed by atoms with Gasteiger partial charge in [0.1, 0.15) is 6.04 Å². The summed E-state index contributed by atoms with van der Waals surface area (Å²) in [6, 6.07) is 10.1. The lowest BCUT2D eigenvalue weighted by molar-refractivity contribution is -0.142. The molecule has 1 saturated heterocycles. The Hall–Kier alpha value is -3.79. The Morgan fingerprint density at radius 2 is 2.03 bits per heavy atom. The van der Waals surface area contributed by atoms with Gasteiger partial charge in [-0.25, -0.2) is 14.4 Å². The number of halogens is 1. The van der Waals surface area contributed by atoms with Crippen LogP contribution in [0.1, 0.15) is 24.0 Å². The average Bonchev–Trinajstić information content (AvgIpc) is 3.37. The number of urea groups is 2. The zero-order chi connectivity index (χ0) is 25.2. The number of fused-ring (bicyclic) bond motifs is 2. The maximum absolute atomic E-state index is 13.1. The Balaban J connectivity index is 1.24. The Bertz CT molecular complexity index is 1300. The second kappa shape index (κ2) is 10.1. The summed E-state index contributed by atoms with van der Waals surface area (Å²) in [7, 11) is 1.29. The second-order valence-electron chi connectivity index (χ2n) is 9.02. The Morgan fingerprint density at radius 3 is 2.81 bits per heavy atom. The molecule has 1 fully saturated rings. The van der Waals surface area contributed by atoms with Crippen LogP contribution in [0.25, 0.3) is 10.9 Å². The van der Waals surface area contributed by atoms with Crippen LogP contribution in [0.2, 0.25) is 5.02 Å². The van der Waals surface area contributed by atoms with E-state index >= 15 is 0 Å². The van der Waals surface area contributed by atoms with Crippen molar-refractivity contribution in [2.75, 3.05) is 25.1 Å². The van der Waals surface area contributed by atoms with Crippen molar-refractivity contribution in [2.45, 2.75) is 37.9 Å². The molecule has 0 spiro atoms. The van der Waals surface area contributed by atoms with Crippen molar-refractivity contribution in [3.63, 3.8) is 0 Å². The number of esters is 1. The summed E-state index contributed by atoms with van der Waals surface area (Å²) in [5, 5.41) is 13.9. The van der Waals surface area contributed by atoms with Gasteiger partial charge in [-0.1, -0.05) is 29.8 Å². The van der Waals surface area contributed by atoms with Crippen LogP contribution in [-0.2, 0) is 22.5 Å². The first-order chi connectivity index (χ1) is 17.4. The van der Waals surface area contributed by atoms with Crippen molar-refractivity contribution in [1.29, 1.82) is 0 Å². The average molecular weight is 511 g/mol. The van der Waals surface area contributed by atoms with Crippen molar-refractivity contribution >= 4 is 46.2 Å². The number of H-pyrrole nitrogens is 1. The largest absolute Gasteiger partial charge is 0.467 e. The molecule has 0 saturated carbocycles. The summed E-state index contributed by atoms with van der Waals surface area (Å²) in [5.41, 5.74) is 3.49. The number of benzene rings is 2. The van der Waals surface area contributed by atoms with Crippen molar-refractivity contribution < 1.29 is 19.1 Å². The van der Waals surface area contributed by atoms with Crippen LogP contribution in [0.5, 0.6) is 0 Å². The molecule has 188 valence electrons. The van der Waals surface area contributed by atoms with Crippen LogP contribution in [-0.4, -0.2) is 65.4 Å². The van der Waals surface area contributed by atoms with Crippen LogP contribution in [0, 0.1) is 0 Å². The number of nitrogens with one attached hydrogen (secondary N) is 3. The molecular formula is C25H27ClN6O4. The Kier molecular flexibility index (Phi) is 6.69. The van der Waals surface area contributed by atoms with Gasteiger partial charge in [0, 0.05) is 37.5 Å². The van der Waals surface area contributed by atoms with E-state index in [1.54, 1.807) is 22.1 Å². The van der Waals surface area contributed by atoms with Crippen LogP contribution in [0.15, 0.2) is 42.6 Å². The third kappa shape index (κ3) is 4.68. The van der Waals surface area contributed by atoms with Crippen LogP contribution >= 0.6 is 11.6 Å². The van der Waals surface area contributed by atoms with Gasteiger partial charge in [-0.15, -0.1) is 0 Å². The number of para-hydroxylation sites is 1. The second-order valence-corrected chi connectivity index (χ2v) is 9.42. The highest BCUT2D eigenvalue weighted by Crippen LogP contribution is 2.30. The summed E-state index contributed by atoms with van der Waals surface area (Å²) in [5.74, 6) is -0.539. The molecule has 0 radical (unpaired) electrons. The normalized spacial score (nSPS) is 16.9. The fraction of sp³-hybridized carbons (Fsp3) is 0.360. The molecular weight excluding hydrogens is 484 g/mol. The molecule has 3 aromatic rings. The number of hydrogen-bond acceptors (Lipinski definition) is 5. The van der Waals surface area contributed by atoms with E-state index in [1.165, 1.54) is 7.11 Å². The van der Waals surface area contributed by atoms with Crippen LogP contribution in [0.3, 0.4) is 0 Å². The third-order valence-corrected chi connectivity index (χ3v) is 7.10. The maximum Gasteiger partial charge on any atom is 0.328 e. The number of carbonyl (C=O) groups excluding carboxylic acids is 3. The molecule has 0 bridgehead atoms. The number of nitrogens with zero attached hydrogens (tertiary/aromatic N) is 3. The number of amides is 4. The smallest absolute Gasteiger partial charge is 0.328 e. The minimum Gasteiger partial charge on any atom is -0.467 e. The molecule has 3 N–H and O–H groups in total. The fourth-order valence-corrected chi connectivity index (χ4v) is 5.24. The van der Waals surface area contributed by atoms with Gasteiger partial charge in [0.25, 0.3) is 0 Å². The van der Waals surface area contributed by atoms with Crippen molar-refractivity contribution in [3.05, 3.63) is 58.7 Å². The molecule has 1 atom stereocenters. The molecule has 10 nitrogen and oxygen atoms in total. The number of aromatic amines is 1. The first-order valence-corrected chi connectivity index (χ1v) is 12.2. The van der Waals surface area contributed by atoms with E-state index in [9.17, 15) is 14.4 Å². The Morgan fingerprint density at radius 1 is 1.25 bits per heavy atom. The first-order valence-electron chi connectivity index (χ1n) is 11.8. The molecule has 1 aromatic heterocycles. The number of anilines is 1. The SMILES string of the molecule is COC(=O)C(Cc1cc(Cl)c2[nH]ncc2c1)NC(=O)N1CCC(N2C(=O)NCc3ccccc32)CC1. The number of rotatable bonds is 5. The highest BCUT2D eigenvalue weighted by Gasteiger charge is 2.34. The predicted octanol–water partition coefficient (Wildman–Crippen LogP) is 3.20. The van der Waals surface area contributed by atoms with Gasteiger partial charge >= 0.3 is 18.0 Å². The topological polar surface area (TPSA) is 120 Å². The molecule has 2 aromatic carbocycles. The van der Waals surface area contributed by atoms with E-state index in [0.29, 0.717) is 43.0 Å². The number of aromatic nitrogens is 2. The van der Waals surface area contributed by atoms with E-state index in [-0.39, 0.29) is 24.5 Å². The monoisotopic (exact) mass is 510 g/mol. The van der Waals surface area contributed by atoms with Gasteiger partial charge in [0.2, 0.25) is 0 Å². The highest BCUT2D eigenvalue weighted by molar-refractivity contribution is 6.35. The molecule has 2 aliphatic rings. The number of methoxy groups -OCH3 is 1. The van der Waals surface area contributed by atoms with Gasteiger partial charge in [-0.2, -0.15) is 5.10 Å². The molecule has 4 amide bonds.